The van der Waals surface area contributed by atoms with Crippen molar-refractivity contribution < 1.29 is 19.1 Å². The number of amides is 2. The minimum absolute atomic E-state index is 0.0156. The number of ether oxygens (including phenoxy) is 2. The first-order chi connectivity index (χ1) is 11.8. The molecule has 0 radical (unpaired) electrons. The lowest BCUT2D eigenvalue weighted by molar-refractivity contribution is -0.124. The van der Waals surface area contributed by atoms with E-state index in [9.17, 15) is 9.59 Å². The molecule has 0 saturated carbocycles. The zero-order valence-electron chi connectivity index (χ0n) is 15.4. The minimum atomic E-state index is -0.820. The summed E-state index contributed by atoms with van der Waals surface area (Å²) >= 11 is 0. The molecule has 25 heavy (non-hydrogen) atoms. The van der Waals surface area contributed by atoms with Crippen LogP contribution in [0.1, 0.15) is 52.1 Å². The zero-order valence-corrected chi connectivity index (χ0v) is 15.4. The highest BCUT2D eigenvalue weighted by Gasteiger charge is 2.29. The van der Waals surface area contributed by atoms with Gasteiger partial charge in [0.25, 0.3) is 0 Å². The topological polar surface area (TPSA) is 76.7 Å². The van der Waals surface area contributed by atoms with E-state index in [0.29, 0.717) is 5.56 Å². The molecule has 1 saturated heterocycles. The van der Waals surface area contributed by atoms with Gasteiger partial charge in [0.05, 0.1) is 12.1 Å². The molecule has 6 nitrogen and oxygen atoms in total. The van der Waals surface area contributed by atoms with E-state index >= 15 is 0 Å². The van der Waals surface area contributed by atoms with E-state index in [4.69, 9.17) is 9.47 Å². The average molecular weight is 348 g/mol. The molecular formula is C19H28N2O4. The van der Waals surface area contributed by atoms with E-state index < -0.39 is 17.7 Å². The molecule has 1 fully saturated rings. The van der Waals surface area contributed by atoms with Gasteiger partial charge in [-0.15, -0.1) is 0 Å². The van der Waals surface area contributed by atoms with Crippen LogP contribution in [0.2, 0.25) is 0 Å². The van der Waals surface area contributed by atoms with Crippen LogP contribution in [-0.2, 0) is 14.3 Å². The molecule has 3 atom stereocenters. The molecule has 2 amide bonds. The lowest BCUT2D eigenvalue weighted by Gasteiger charge is -2.26. The Bertz CT molecular complexity index is 577. The number of nitrogens with one attached hydrogen (secondary N) is 2. The maximum Gasteiger partial charge on any atom is 0.408 e. The second-order valence-corrected chi connectivity index (χ2v) is 7.34. The summed E-state index contributed by atoms with van der Waals surface area (Å²) in [6, 6.07) is 8.19. The summed E-state index contributed by atoms with van der Waals surface area (Å²) in [6.07, 6.45) is 1.32. The molecule has 1 aliphatic rings. The average Bonchev–Trinajstić information content (AvgIpc) is 3.06. The minimum Gasteiger partial charge on any atom is -0.444 e. The van der Waals surface area contributed by atoms with Crippen LogP contribution in [0.15, 0.2) is 30.3 Å². The van der Waals surface area contributed by atoms with Gasteiger partial charge in [0.2, 0.25) is 5.91 Å². The Morgan fingerprint density at radius 2 is 1.88 bits per heavy atom. The summed E-state index contributed by atoms with van der Waals surface area (Å²) in [5.41, 5.74) is 0.0673. The molecule has 0 aromatic heterocycles. The van der Waals surface area contributed by atoms with Gasteiger partial charge in [-0.3, -0.25) is 4.79 Å². The smallest absolute Gasteiger partial charge is 0.408 e. The first kappa shape index (κ1) is 19.2. The lowest BCUT2D eigenvalue weighted by atomic mass is 10.0. The van der Waals surface area contributed by atoms with Gasteiger partial charge in [-0.2, -0.15) is 0 Å². The summed E-state index contributed by atoms with van der Waals surface area (Å²) in [4.78, 5) is 24.9. The zero-order chi connectivity index (χ0) is 18.4. The molecule has 0 aliphatic carbocycles. The summed E-state index contributed by atoms with van der Waals surface area (Å²) in [6.45, 7) is 7.99. The monoisotopic (exact) mass is 348 g/mol. The molecular weight excluding hydrogens is 320 g/mol. The standard InChI is InChI=1S/C19H28N2O4/c1-13(15-11-8-12-24-15)20-17(22)16(14-9-6-5-7-10-14)21-18(23)25-19(2,3)4/h5-7,9-10,13,15-16H,8,11-12H2,1-4H3,(H,20,22)(H,21,23)/t13-,15+,16+/m1/s1. The quantitative estimate of drug-likeness (QED) is 0.858. The third-order valence-electron chi connectivity index (χ3n) is 3.95. The van der Waals surface area contributed by atoms with Gasteiger partial charge in [0, 0.05) is 6.61 Å². The van der Waals surface area contributed by atoms with Crippen molar-refractivity contribution in [2.75, 3.05) is 6.61 Å². The number of hydrogen-bond acceptors (Lipinski definition) is 4. The largest absolute Gasteiger partial charge is 0.444 e. The van der Waals surface area contributed by atoms with Crippen LogP contribution in [0.25, 0.3) is 0 Å². The highest BCUT2D eigenvalue weighted by molar-refractivity contribution is 5.87. The van der Waals surface area contributed by atoms with Crippen molar-refractivity contribution in [1.82, 2.24) is 10.6 Å². The third kappa shape index (κ3) is 6.05. The summed E-state index contributed by atoms with van der Waals surface area (Å²) in [5.74, 6) is -0.278. The van der Waals surface area contributed by atoms with E-state index in [0.717, 1.165) is 19.4 Å². The van der Waals surface area contributed by atoms with Crippen LogP contribution in [0.5, 0.6) is 0 Å². The van der Waals surface area contributed by atoms with Gasteiger partial charge in [0.1, 0.15) is 11.6 Å². The SMILES string of the molecule is C[C@@H](NC(=O)[C@@H](NC(=O)OC(C)(C)C)c1ccccc1)[C@@H]1CCCO1. The Kier molecular flexibility index (Phi) is 6.42. The normalized spacial score (nSPS) is 19.8. The van der Waals surface area contributed by atoms with Gasteiger partial charge >= 0.3 is 6.09 Å². The Labute approximate surface area is 149 Å². The van der Waals surface area contributed by atoms with Gasteiger partial charge in [0.15, 0.2) is 0 Å². The molecule has 0 spiro atoms. The Morgan fingerprint density at radius 3 is 2.44 bits per heavy atom. The molecule has 1 aliphatic heterocycles. The number of benzene rings is 1. The fourth-order valence-electron chi connectivity index (χ4n) is 2.77. The second-order valence-electron chi connectivity index (χ2n) is 7.34. The van der Waals surface area contributed by atoms with Crippen LogP contribution in [0, 0.1) is 0 Å². The molecule has 6 heteroatoms. The maximum atomic E-state index is 12.8. The Hall–Kier alpha value is -2.08. The van der Waals surface area contributed by atoms with E-state index in [1.54, 1.807) is 32.9 Å². The Balaban J connectivity index is 2.08. The van der Waals surface area contributed by atoms with Gasteiger partial charge < -0.3 is 20.1 Å². The molecule has 1 aromatic carbocycles. The van der Waals surface area contributed by atoms with E-state index in [1.807, 2.05) is 25.1 Å². The summed E-state index contributed by atoms with van der Waals surface area (Å²) in [5, 5.41) is 5.63. The summed E-state index contributed by atoms with van der Waals surface area (Å²) in [7, 11) is 0. The number of carbonyl (C=O) groups excluding carboxylic acids is 2. The van der Waals surface area contributed by atoms with Crippen LogP contribution < -0.4 is 10.6 Å². The van der Waals surface area contributed by atoms with Crippen molar-refractivity contribution >= 4 is 12.0 Å². The highest BCUT2D eigenvalue weighted by Crippen LogP contribution is 2.18. The third-order valence-corrected chi connectivity index (χ3v) is 3.95. The van der Waals surface area contributed by atoms with Gasteiger partial charge in [-0.05, 0) is 46.1 Å². The number of carbonyl (C=O) groups is 2. The van der Waals surface area contributed by atoms with Crippen molar-refractivity contribution in [2.24, 2.45) is 0 Å². The first-order valence-electron chi connectivity index (χ1n) is 8.73. The highest BCUT2D eigenvalue weighted by atomic mass is 16.6. The van der Waals surface area contributed by atoms with Gasteiger partial charge in [-0.25, -0.2) is 4.79 Å². The maximum absolute atomic E-state index is 12.8. The van der Waals surface area contributed by atoms with Crippen LogP contribution >= 0.6 is 0 Å². The number of alkyl carbamates (subject to hydrolysis) is 1. The van der Waals surface area contributed by atoms with E-state index in [-0.39, 0.29) is 18.1 Å². The second kappa shape index (κ2) is 8.34. The lowest BCUT2D eigenvalue weighted by Crippen LogP contribution is -2.48. The molecule has 2 rings (SSSR count). The van der Waals surface area contributed by atoms with Crippen molar-refractivity contribution in [3.05, 3.63) is 35.9 Å². The molecule has 0 unspecified atom stereocenters. The van der Waals surface area contributed by atoms with Crippen molar-refractivity contribution in [2.45, 2.75) is 64.3 Å². The molecule has 138 valence electrons. The number of rotatable bonds is 5. The van der Waals surface area contributed by atoms with Gasteiger partial charge in [-0.1, -0.05) is 30.3 Å². The fraction of sp³-hybridized carbons (Fsp3) is 0.579. The Morgan fingerprint density at radius 1 is 1.20 bits per heavy atom. The molecule has 1 aromatic rings. The summed E-state index contributed by atoms with van der Waals surface area (Å²) < 4.78 is 10.9. The molecule has 0 bridgehead atoms. The molecule has 1 heterocycles. The predicted molar refractivity (Wildman–Crippen MR) is 95.1 cm³/mol. The fourth-order valence-corrected chi connectivity index (χ4v) is 2.77. The first-order valence-corrected chi connectivity index (χ1v) is 8.73. The van der Waals surface area contributed by atoms with Crippen molar-refractivity contribution in [1.29, 1.82) is 0 Å². The van der Waals surface area contributed by atoms with Crippen LogP contribution in [-0.4, -0.2) is 36.4 Å². The van der Waals surface area contributed by atoms with E-state index in [1.165, 1.54) is 0 Å². The molecule has 2 N–H and O–H groups in total. The number of hydrogen-bond donors (Lipinski definition) is 2. The van der Waals surface area contributed by atoms with E-state index in [2.05, 4.69) is 10.6 Å². The van der Waals surface area contributed by atoms with Crippen LogP contribution in [0.4, 0.5) is 4.79 Å². The van der Waals surface area contributed by atoms with Crippen molar-refractivity contribution in [3.63, 3.8) is 0 Å². The van der Waals surface area contributed by atoms with Crippen molar-refractivity contribution in [3.8, 4) is 0 Å². The predicted octanol–water partition coefficient (Wildman–Crippen LogP) is 2.94. The van der Waals surface area contributed by atoms with Crippen LogP contribution in [0.3, 0.4) is 0 Å².